The molecule has 1 fully saturated rings. The summed E-state index contributed by atoms with van der Waals surface area (Å²) in [6, 6.07) is -0.657. The van der Waals surface area contributed by atoms with Crippen LogP contribution in [0.1, 0.15) is 20.3 Å². The minimum absolute atomic E-state index is 0.0617. The van der Waals surface area contributed by atoms with E-state index in [1.807, 2.05) is 13.8 Å². The van der Waals surface area contributed by atoms with Gasteiger partial charge in [0.25, 0.3) is 0 Å². The Balaban J connectivity index is 2.62. The number of amides is 2. The monoisotopic (exact) mass is 298 g/mol. The van der Waals surface area contributed by atoms with Crippen molar-refractivity contribution in [2.45, 2.75) is 31.8 Å². The number of hydrogen-bond donors (Lipinski definition) is 1. The zero-order valence-electron chi connectivity index (χ0n) is 10.8. The smallest absolute Gasteiger partial charge is 0.345 e. The topological polar surface area (TPSA) is 49.4 Å². The van der Waals surface area contributed by atoms with Gasteiger partial charge in [0.2, 0.25) is 11.8 Å². The molecule has 8 heteroatoms. The molecule has 1 heterocycles. The molecule has 1 aliphatic rings. The fourth-order valence-electron chi connectivity index (χ4n) is 1.92. The van der Waals surface area contributed by atoms with Gasteiger partial charge in [-0.2, -0.15) is 13.2 Å². The molecule has 1 aliphatic heterocycles. The van der Waals surface area contributed by atoms with E-state index in [1.165, 1.54) is 4.90 Å². The molecular weight excluding hydrogens is 281 g/mol. The number of rotatable bonds is 5. The summed E-state index contributed by atoms with van der Waals surface area (Å²) in [7, 11) is 0. The van der Waals surface area contributed by atoms with Crippen molar-refractivity contribution in [1.29, 1.82) is 0 Å². The number of halogens is 3. The molecule has 2 amide bonds. The van der Waals surface area contributed by atoms with Gasteiger partial charge in [-0.15, -0.1) is 0 Å². The summed E-state index contributed by atoms with van der Waals surface area (Å²) >= 11 is -0.174. The third-order valence-corrected chi connectivity index (χ3v) is 3.42. The molecule has 110 valence electrons. The molecule has 0 spiro atoms. The number of piperazine rings is 1. The van der Waals surface area contributed by atoms with E-state index in [2.05, 4.69) is 5.32 Å². The van der Waals surface area contributed by atoms with Gasteiger partial charge in [-0.25, -0.2) is 0 Å². The van der Waals surface area contributed by atoms with Crippen LogP contribution in [0.25, 0.3) is 0 Å². The van der Waals surface area contributed by atoms with Crippen LogP contribution in [0, 0.1) is 5.92 Å². The van der Waals surface area contributed by atoms with Gasteiger partial charge in [0, 0.05) is 12.3 Å². The maximum Gasteiger partial charge on any atom is 0.441 e. The summed E-state index contributed by atoms with van der Waals surface area (Å²) in [6.45, 7) is 3.60. The first-order valence-corrected chi connectivity index (χ1v) is 6.97. The number of carbonyl (C=O) groups is 2. The highest BCUT2D eigenvalue weighted by Crippen LogP contribution is 2.30. The average Bonchev–Trinajstić information content (AvgIpc) is 2.25. The van der Waals surface area contributed by atoms with Crippen LogP contribution in [0.2, 0.25) is 0 Å². The van der Waals surface area contributed by atoms with Gasteiger partial charge in [0.15, 0.2) is 0 Å². The molecule has 1 N–H and O–H groups in total. The number of nitrogens with one attached hydrogen (secondary N) is 1. The zero-order chi connectivity index (χ0) is 14.6. The van der Waals surface area contributed by atoms with Crippen LogP contribution in [0.15, 0.2) is 0 Å². The van der Waals surface area contributed by atoms with Crippen LogP contribution in [0.3, 0.4) is 0 Å². The molecule has 0 bridgehead atoms. The van der Waals surface area contributed by atoms with Gasteiger partial charge < -0.3 is 10.2 Å². The first kappa shape index (κ1) is 16.1. The van der Waals surface area contributed by atoms with E-state index in [0.29, 0.717) is 6.42 Å². The number of thioether (sulfide) groups is 1. The Morgan fingerprint density at radius 1 is 1.42 bits per heavy atom. The normalized spacial score (nSPS) is 20.9. The Morgan fingerprint density at radius 2 is 2.05 bits per heavy atom. The van der Waals surface area contributed by atoms with Crippen molar-refractivity contribution in [3.8, 4) is 0 Å². The van der Waals surface area contributed by atoms with Crippen molar-refractivity contribution in [3.63, 3.8) is 0 Å². The first-order chi connectivity index (χ1) is 8.70. The molecule has 0 aliphatic carbocycles. The molecule has 4 nitrogen and oxygen atoms in total. The van der Waals surface area contributed by atoms with Crippen molar-refractivity contribution in [2.24, 2.45) is 5.92 Å². The fourth-order valence-corrected chi connectivity index (χ4v) is 2.44. The molecule has 0 aromatic rings. The van der Waals surface area contributed by atoms with Gasteiger partial charge in [-0.05, 0) is 24.1 Å². The molecule has 1 saturated heterocycles. The highest BCUT2D eigenvalue weighted by molar-refractivity contribution is 8.00. The molecule has 1 rings (SSSR count). The maximum atomic E-state index is 12.1. The highest BCUT2D eigenvalue weighted by atomic mass is 32.2. The molecule has 0 saturated carbocycles. The lowest BCUT2D eigenvalue weighted by atomic mass is 10.00. The van der Waals surface area contributed by atoms with Crippen LogP contribution in [0.5, 0.6) is 0 Å². The van der Waals surface area contributed by atoms with E-state index < -0.39 is 11.6 Å². The zero-order valence-corrected chi connectivity index (χ0v) is 11.6. The van der Waals surface area contributed by atoms with Crippen molar-refractivity contribution in [2.75, 3.05) is 18.8 Å². The Bertz CT molecular complexity index is 347. The minimum atomic E-state index is -4.31. The molecule has 0 aromatic heterocycles. The maximum absolute atomic E-state index is 12.1. The van der Waals surface area contributed by atoms with Gasteiger partial charge in [-0.3, -0.25) is 9.59 Å². The predicted molar refractivity (Wildman–Crippen MR) is 66.5 cm³/mol. The molecule has 0 radical (unpaired) electrons. The fraction of sp³-hybridized carbons (Fsp3) is 0.818. The largest absolute Gasteiger partial charge is 0.441 e. The third-order valence-electron chi connectivity index (χ3n) is 2.71. The summed E-state index contributed by atoms with van der Waals surface area (Å²) in [5.74, 6) is -0.685. The lowest BCUT2D eigenvalue weighted by Crippen LogP contribution is -2.59. The van der Waals surface area contributed by atoms with Gasteiger partial charge >= 0.3 is 5.51 Å². The van der Waals surface area contributed by atoms with Crippen molar-refractivity contribution >= 4 is 23.6 Å². The van der Waals surface area contributed by atoms with Crippen LogP contribution < -0.4 is 5.32 Å². The number of alkyl halides is 3. The standard InChI is InChI=1S/C11H17F3N2O2S/c1-7(2)5-8-10(18)15-6-9(17)16(8)3-4-19-11(12,13)14/h7-8H,3-6H2,1-2H3,(H,15,18). The summed E-state index contributed by atoms with van der Waals surface area (Å²) in [6.07, 6.45) is 0.453. The molecule has 1 atom stereocenters. The second-order valence-electron chi connectivity index (χ2n) is 4.74. The van der Waals surface area contributed by atoms with Crippen LogP contribution in [-0.2, 0) is 9.59 Å². The SMILES string of the molecule is CC(C)CC1C(=O)NCC(=O)N1CCSC(F)(F)F. The van der Waals surface area contributed by atoms with Gasteiger partial charge in [-0.1, -0.05) is 13.8 Å². The first-order valence-electron chi connectivity index (χ1n) is 5.98. The number of carbonyl (C=O) groups excluding carboxylic acids is 2. The Hall–Kier alpha value is -0.920. The van der Waals surface area contributed by atoms with Gasteiger partial charge in [0.1, 0.15) is 6.04 Å². The van der Waals surface area contributed by atoms with Crippen LogP contribution in [0.4, 0.5) is 13.2 Å². The molecule has 0 aromatic carbocycles. The Kier molecular flexibility index (Phi) is 5.51. The van der Waals surface area contributed by atoms with E-state index in [0.717, 1.165) is 0 Å². The molecule has 19 heavy (non-hydrogen) atoms. The van der Waals surface area contributed by atoms with Crippen molar-refractivity contribution in [1.82, 2.24) is 10.2 Å². The minimum Gasteiger partial charge on any atom is -0.345 e. The second kappa shape index (κ2) is 6.49. The average molecular weight is 298 g/mol. The van der Waals surface area contributed by atoms with Gasteiger partial charge in [0.05, 0.1) is 6.54 Å². The van der Waals surface area contributed by atoms with Crippen LogP contribution >= 0.6 is 11.8 Å². The lowest BCUT2D eigenvalue weighted by molar-refractivity contribution is -0.145. The quantitative estimate of drug-likeness (QED) is 0.839. The second-order valence-corrected chi connectivity index (χ2v) is 5.90. The lowest BCUT2D eigenvalue weighted by Gasteiger charge is -2.35. The van der Waals surface area contributed by atoms with E-state index in [4.69, 9.17) is 0 Å². The molecular formula is C11H17F3N2O2S. The summed E-state index contributed by atoms with van der Waals surface area (Å²) in [5.41, 5.74) is -4.31. The van der Waals surface area contributed by atoms with E-state index in [-0.39, 0.29) is 48.3 Å². The Labute approximate surface area is 114 Å². The predicted octanol–water partition coefficient (Wildman–Crippen LogP) is 1.61. The summed E-state index contributed by atoms with van der Waals surface area (Å²) in [5, 5.41) is 2.46. The van der Waals surface area contributed by atoms with Crippen LogP contribution in [-0.4, -0.2) is 47.1 Å². The highest BCUT2D eigenvalue weighted by Gasteiger charge is 2.35. The number of nitrogens with zero attached hydrogens (tertiary/aromatic N) is 1. The third kappa shape index (κ3) is 5.30. The van der Waals surface area contributed by atoms with Crippen molar-refractivity contribution < 1.29 is 22.8 Å². The van der Waals surface area contributed by atoms with Crippen molar-refractivity contribution in [3.05, 3.63) is 0 Å². The van der Waals surface area contributed by atoms with E-state index in [9.17, 15) is 22.8 Å². The summed E-state index contributed by atoms with van der Waals surface area (Å²) in [4.78, 5) is 24.7. The summed E-state index contributed by atoms with van der Waals surface area (Å²) < 4.78 is 36.2. The van der Waals surface area contributed by atoms with E-state index in [1.54, 1.807) is 0 Å². The Morgan fingerprint density at radius 3 is 2.58 bits per heavy atom. The molecule has 1 unspecified atom stereocenters. The van der Waals surface area contributed by atoms with E-state index >= 15 is 0 Å². The number of hydrogen-bond acceptors (Lipinski definition) is 3.